The van der Waals surface area contributed by atoms with Gasteiger partial charge in [-0.25, -0.2) is 0 Å². The third kappa shape index (κ3) is 9.20. The summed E-state index contributed by atoms with van der Waals surface area (Å²) >= 11 is 0. The van der Waals surface area contributed by atoms with E-state index in [0.29, 0.717) is 37.5 Å². The zero-order valence-corrected chi connectivity index (χ0v) is 20.7. The summed E-state index contributed by atoms with van der Waals surface area (Å²) in [5.74, 6) is 0.609. The molecule has 1 aromatic carbocycles. The van der Waals surface area contributed by atoms with Gasteiger partial charge in [-0.15, -0.1) is 0 Å². The monoisotopic (exact) mass is 434 g/mol. The standard InChI is InChI=1S/C26H46N2O3/c1-8-9-12-28-25(31)18(4)13-24(30)22(27)15-20(17(2)3)14-19-10-11-21(16-23(19)29)26(5,6)7/h10-11,16-18,20,22,24,29-30H,8-9,12-15,27H2,1-7H3,(H,28,31)/t18?,20-,22-,24-/m0/s1. The van der Waals surface area contributed by atoms with Crippen LogP contribution in [0.1, 0.15) is 85.3 Å². The van der Waals surface area contributed by atoms with Gasteiger partial charge in [0.2, 0.25) is 5.91 Å². The largest absolute Gasteiger partial charge is 0.508 e. The summed E-state index contributed by atoms with van der Waals surface area (Å²) in [5.41, 5.74) is 8.36. The van der Waals surface area contributed by atoms with Crippen LogP contribution < -0.4 is 11.1 Å². The number of nitrogens with two attached hydrogens (primary N) is 1. The van der Waals surface area contributed by atoms with Crippen LogP contribution in [-0.2, 0) is 16.6 Å². The van der Waals surface area contributed by atoms with Crippen LogP contribution in [0.25, 0.3) is 0 Å². The molecule has 178 valence electrons. The smallest absolute Gasteiger partial charge is 0.222 e. The number of benzene rings is 1. The quantitative estimate of drug-likeness (QED) is 0.364. The predicted octanol–water partition coefficient (Wildman–Crippen LogP) is 4.53. The lowest BCUT2D eigenvalue weighted by atomic mass is 9.81. The molecule has 5 N–H and O–H groups in total. The fourth-order valence-electron chi connectivity index (χ4n) is 3.79. The Labute approximate surface area is 189 Å². The first-order chi connectivity index (χ1) is 14.4. The molecule has 0 bridgehead atoms. The van der Waals surface area contributed by atoms with Crippen molar-refractivity contribution in [1.82, 2.24) is 5.32 Å². The number of carbonyl (C=O) groups excluding carboxylic acids is 1. The van der Waals surface area contributed by atoms with E-state index in [2.05, 4.69) is 52.9 Å². The molecular formula is C26H46N2O3. The Morgan fingerprint density at radius 2 is 1.81 bits per heavy atom. The number of aliphatic hydroxyl groups excluding tert-OH is 1. The van der Waals surface area contributed by atoms with E-state index in [-0.39, 0.29) is 23.2 Å². The normalized spacial score (nSPS) is 16.1. The molecule has 5 heteroatoms. The molecule has 0 saturated heterocycles. The number of carbonyl (C=O) groups is 1. The molecule has 31 heavy (non-hydrogen) atoms. The number of aromatic hydroxyl groups is 1. The second kappa shape index (κ2) is 12.4. The summed E-state index contributed by atoms with van der Waals surface area (Å²) in [6, 6.07) is 5.55. The Morgan fingerprint density at radius 3 is 2.32 bits per heavy atom. The molecule has 1 rings (SSSR count). The molecule has 0 radical (unpaired) electrons. The summed E-state index contributed by atoms with van der Waals surface area (Å²) in [7, 11) is 0. The molecule has 0 heterocycles. The Hall–Kier alpha value is -1.59. The molecule has 1 unspecified atom stereocenters. The number of phenols is 1. The molecule has 1 amide bonds. The number of amides is 1. The van der Waals surface area contributed by atoms with Crippen molar-refractivity contribution in [2.24, 2.45) is 23.5 Å². The average Bonchev–Trinajstić information content (AvgIpc) is 2.67. The van der Waals surface area contributed by atoms with Crippen LogP contribution in [-0.4, -0.2) is 34.8 Å². The second-order valence-corrected chi connectivity index (χ2v) is 10.5. The average molecular weight is 435 g/mol. The Kier molecular flexibility index (Phi) is 11.0. The third-order valence-electron chi connectivity index (χ3n) is 6.32. The Bertz CT molecular complexity index is 682. The first kappa shape index (κ1) is 27.4. The highest BCUT2D eigenvalue weighted by Crippen LogP contribution is 2.32. The maximum Gasteiger partial charge on any atom is 0.222 e. The minimum atomic E-state index is -0.731. The highest BCUT2D eigenvalue weighted by molar-refractivity contribution is 5.78. The summed E-state index contributed by atoms with van der Waals surface area (Å²) in [5, 5.41) is 24.1. The third-order valence-corrected chi connectivity index (χ3v) is 6.32. The number of aliphatic hydroxyl groups is 1. The molecule has 0 saturated carbocycles. The van der Waals surface area contributed by atoms with Gasteiger partial charge in [-0.3, -0.25) is 4.79 Å². The van der Waals surface area contributed by atoms with E-state index in [0.717, 1.165) is 24.0 Å². The lowest BCUT2D eigenvalue weighted by Gasteiger charge is -2.28. The van der Waals surface area contributed by atoms with Crippen LogP contribution in [0.3, 0.4) is 0 Å². The van der Waals surface area contributed by atoms with E-state index in [4.69, 9.17) is 5.73 Å². The highest BCUT2D eigenvalue weighted by Gasteiger charge is 2.26. The van der Waals surface area contributed by atoms with Crippen LogP contribution in [0.2, 0.25) is 0 Å². The molecule has 0 aliphatic carbocycles. The molecular weight excluding hydrogens is 388 g/mol. The van der Waals surface area contributed by atoms with Gasteiger partial charge in [0.1, 0.15) is 5.75 Å². The maximum absolute atomic E-state index is 12.2. The van der Waals surface area contributed by atoms with Gasteiger partial charge in [0.15, 0.2) is 0 Å². The first-order valence-corrected chi connectivity index (χ1v) is 11.9. The van der Waals surface area contributed by atoms with E-state index in [1.165, 1.54) is 0 Å². The van der Waals surface area contributed by atoms with Gasteiger partial charge in [-0.2, -0.15) is 0 Å². The number of rotatable bonds is 12. The van der Waals surface area contributed by atoms with Crippen molar-refractivity contribution in [3.63, 3.8) is 0 Å². The summed E-state index contributed by atoms with van der Waals surface area (Å²) < 4.78 is 0. The minimum absolute atomic E-state index is 0.0144. The van der Waals surface area contributed by atoms with Gasteiger partial charge in [0, 0.05) is 18.5 Å². The number of phenolic OH excluding ortho intramolecular Hbond substituents is 1. The van der Waals surface area contributed by atoms with Crippen LogP contribution in [0, 0.1) is 17.8 Å². The minimum Gasteiger partial charge on any atom is -0.508 e. The van der Waals surface area contributed by atoms with E-state index in [1.54, 1.807) is 0 Å². The van der Waals surface area contributed by atoms with Crippen LogP contribution in [0.4, 0.5) is 0 Å². The fourth-order valence-corrected chi connectivity index (χ4v) is 3.79. The lowest BCUT2D eigenvalue weighted by molar-refractivity contribution is -0.125. The maximum atomic E-state index is 12.2. The van der Waals surface area contributed by atoms with Crippen LogP contribution in [0.15, 0.2) is 18.2 Å². The van der Waals surface area contributed by atoms with Crippen molar-refractivity contribution < 1.29 is 15.0 Å². The molecule has 0 aromatic heterocycles. The fraction of sp³-hybridized carbons (Fsp3) is 0.731. The molecule has 0 aliphatic heterocycles. The van der Waals surface area contributed by atoms with Crippen molar-refractivity contribution in [2.75, 3.05) is 6.54 Å². The Balaban J connectivity index is 2.72. The second-order valence-electron chi connectivity index (χ2n) is 10.5. The highest BCUT2D eigenvalue weighted by atomic mass is 16.3. The van der Waals surface area contributed by atoms with Crippen LogP contribution >= 0.6 is 0 Å². The molecule has 4 atom stereocenters. The SMILES string of the molecule is CCCCNC(=O)C(C)C[C@H](O)[C@@H](N)C[C@H](Cc1ccc(C(C)(C)C)cc1O)C(C)C. The van der Waals surface area contributed by atoms with Crippen molar-refractivity contribution in [1.29, 1.82) is 0 Å². The molecule has 1 aromatic rings. The van der Waals surface area contributed by atoms with Crippen molar-refractivity contribution in [3.05, 3.63) is 29.3 Å². The van der Waals surface area contributed by atoms with Gasteiger partial charge in [0.05, 0.1) is 6.10 Å². The van der Waals surface area contributed by atoms with E-state index < -0.39 is 12.1 Å². The number of hydrogen-bond donors (Lipinski definition) is 4. The lowest BCUT2D eigenvalue weighted by Crippen LogP contribution is -2.41. The zero-order valence-electron chi connectivity index (χ0n) is 20.7. The summed E-state index contributed by atoms with van der Waals surface area (Å²) in [4.78, 5) is 12.2. The van der Waals surface area contributed by atoms with Gasteiger partial charge in [-0.1, -0.05) is 67.0 Å². The van der Waals surface area contributed by atoms with Crippen molar-refractivity contribution in [2.45, 2.75) is 98.1 Å². The van der Waals surface area contributed by atoms with E-state index in [1.807, 2.05) is 19.1 Å². The Morgan fingerprint density at radius 1 is 1.16 bits per heavy atom. The first-order valence-electron chi connectivity index (χ1n) is 11.9. The summed E-state index contributed by atoms with van der Waals surface area (Å²) in [6.45, 7) is 15.3. The van der Waals surface area contributed by atoms with Crippen molar-refractivity contribution >= 4 is 5.91 Å². The zero-order chi connectivity index (χ0) is 23.8. The molecule has 0 fully saturated rings. The summed E-state index contributed by atoms with van der Waals surface area (Å²) in [6.07, 6.45) is 2.97. The number of hydrogen-bond acceptors (Lipinski definition) is 4. The van der Waals surface area contributed by atoms with Gasteiger partial charge >= 0.3 is 0 Å². The van der Waals surface area contributed by atoms with Crippen LogP contribution in [0.5, 0.6) is 5.75 Å². The molecule has 5 nitrogen and oxygen atoms in total. The van der Waals surface area contributed by atoms with Gasteiger partial charge in [-0.05, 0) is 60.1 Å². The number of nitrogens with one attached hydrogen (secondary N) is 1. The number of unbranched alkanes of at least 4 members (excludes halogenated alkanes) is 1. The van der Waals surface area contributed by atoms with E-state index in [9.17, 15) is 15.0 Å². The topological polar surface area (TPSA) is 95.6 Å². The molecule has 0 spiro atoms. The van der Waals surface area contributed by atoms with E-state index >= 15 is 0 Å². The van der Waals surface area contributed by atoms with Crippen molar-refractivity contribution in [3.8, 4) is 5.75 Å². The van der Waals surface area contributed by atoms with Gasteiger partial charge in [0.25, 0.3) is 0 Å². The molecule has 0 aliphatic rings. The van der Waals surface area contributed by atoms with Gasteiger partial charge < -0.3 is 21.3 Å². The predicted molar refractivity (Wildman–Crippen MR) is 129 cm³/mol.